The Bertz CT molecular complexity index is 616. The molecule has 0 saturated carbocycles. The molecule has 1 unspecified atom stereocenters. The average Bonchev–Trinajstić information content (AvgIpc) is 2.87. The van der Waals surface area contributed by atoms with Crippen LogP contribution in [0.2, 0.25) is 5.02 Å². The molecule has 2 aromatic rings. The Labute approximate surface area is 129 Å². The molecule has 1 aromatic heterocycles. The van der Waals surface area contributed by atoms with Crippen molar-refractivity contribution in [3.8, 4) is 17.3 Å². The fraction of sp³-hybridized carbons (Fsp3) is 0.286. The van der Waals surface area contributed by atoms with E-state index in [9.17, 15) is 0 Å². The highest BCUT2D eigenvalue weighted by Gasteiger charge is 2.07. The van der Waals surface area contributed by atoms with Crippen LogP contribution in [0.4, 0.5) is 0 Å². The van der Waals surface area contributed by atoms with E-state index < -0.39 is 0 Å². The van der Waals surface area contributed by atoms with Crippen LogP contribution >= 0.6 is 24.0 Å². The molecule has 2 N–H and O–H groups in total. The van der Waals surface area contributed by atoms with Gasteiger partial charge in [0.05, 0.1) is 22.8 Å². The zero-order valence-corrected chi connectivity index (χ0v) is 12.7. The number of hydrogen-bond donors (Lipinski definition) is 1. The van der Waals surface area contributed by atoms with Gasteiger partial charge in [0.2, 0.25) is 0 Å². The van der Waals surface area contributed by atoms with Gasteiger partial charge in [0.15, 0.2) is 0 Å². The number of nitriles is 1. The summed E-state index contributed by atoms with van der Waals surface area (Å²) in [5.41, 5.74) is 8.09. The van der Waals surface area contributed by atoms with E-state index in [0.717, 1.165) is 17.7 Å². The van der Waals surface area contributed by atoms with E-state index in [1.807, 2.05) is 29.1 Å². The summed E-state index contributed by atoms with van der Waals surface area (Å²) in [6.45, 7) is 2.75. The van der Waals surface area contributed by atoms with Crippen molar-refractivity contribution >= 4 is 24.0 Å². The number of benzene rings is 1. The van der Waals surface area contributed by atoms with Crippen molar-refractivity contribution in [2.45, 2.75) is 25.9 Å². The second-order valence-electron chi connectivity index (χ2n) is 4.40. The average molecular weight is 311 g/mol. The van der Waals surface area contributed by atoms with E-state index in [0.29, 0.717) is 17.1 Å². The maximum atomic E-state index is 8.84. The fourth-order valence-electron chi connectivity index (χ4n) is 1.75. The maximum absolute atomic E-state index is 8.84. The summed E-state index contributed by atoms with van der Waals surface area (Å²) in [6.07, 6.45) is 2.81. The van der Waals surface area contributed by atoms with Gasteiger partial charge in [-0.15, -0.1) is 12.4 Å². The summed E-state index contributed by atoms with van der Waals surface area (Å²) in [5, 5.41) is 13.7. The summed E-state index contributed by atoms with van der Waals surface area (Å²) in [5.74, 6) is 0. The van der Waals surface area contributed by atoms with Gasteiger partial charge in [-0.3, -0.25) is 4.68 Å². The van der Waals surface area contributed by atoms with Crippen LogP contribution in [0, 0.1) is 11.3 Å². The molecular formula is C14H16Cl2N4. The molecule has 0 aliphatic rings. The number of rotatable bonds is 4. The fourth-order valence-corrected chi connectivity index (χ4v) is 1.97. The highest BCUT2D eigenvalue weighted by atomic mass is 35.5. The smallest absolute Gasteiger partial charge is 0.101 e. The van der Waals surface area contributed by atoms with Crippen molar-refractivity contribution in [1.29, 1.82) is 5.26 Å². The summed E-state index contributed by atoms with van der Waals surface area (Å²) in [7, 11) is 0. The molecule has 4 nitrogen and oxygen atoms in total. The number of hydrogen-bond acceptors (Lipinski definition) is 3. The van der Waals surface area contributed by atoms with Crippen molar-refractivity contribution in [3.05, 3.63) is 41.0 Å². The Morgan fingerprint density at radius 2 is 2.20 bits per heavy atom. The summed E-state index contributed by atoms with van der Waals surface area (Å²) >= 11 is 6.02. The van der Waals surface area contributed by atoms with Gasteiger partial charge in [-0.2, -0.15) is 10.4 Å². The maximum Gasteiger partial charge on any atom is 0.101 e. The van der Waals surface area contributed by atoms with Crippen LogP contribution in [0.5, 0.6) is 0 Å². The third-order valence-electron chi connectivity index (χ3n) is 2.97. The Balaban J connectivity index is 0.00000200. The van der Waals surface area contributed by atoms with Crippen LogP contribution in [-0.2, 0) is 6.54 Å². The van der Waals surface area contributed by atoms with Crippen molar-refractivity contribution in [1.82, 2.24) is 9.78 Å². The predicted molar refractivity (Wildman–Crippen MR) is 82.9 cm³/mol. The van der Waals surface area contributed by atoms with Gasteiger partial charge in [0.1, 0.15) is 6.07 Å². The van der Waals surface area contributed by atoms with Gasteiger partial charge in [0.25, 0.3) is 0 Å². The van der Waals surface area contributed by atoms with Gasteiger partial charge in [-0.05, 0) is 24.6 Å². The van der Waals surface area contributed by atoms with Gasteiger partial charge in [-0.1, -0.05) is 24.6 Å². The van der Waals surface area contributed by atoms with Crippen molar-refractivity contribution in [2.75, 3.05) is 0 Å². The standard InChI is InChI=1S/C14H15ClN4.ClH/c1-2-12(17)9-19-6-5-14(18-19)10-3-4-11(8-16)13(15)7-10;/h3-7,12H,2,9,17H2,1H3;1H. The lowest BCUT2D eigenvalue weighted by Crippen LogP contribution is -2.25. The lowest BCUT2D eigenvalue weighted by Gasteiger charge is -2.08. The van der Waals surface area contributed by atoms with Crippen molar-refractivity contribution in [2.24, 2.45) is 5.73 Å². The Morgan fingerprint density at radius 3 is 2.80 bits per heavy atom. The first-order valence-electron chi connectivity index (χ1n) is 6.13. The number of aromatic nitrogens is 2. The molecule has 0 bridgehead atoms. The second kappa shape index (κ2) is 7.30. The van der Waals surface area contributed by atoms with Crippen molar-refractivity contribution < 1.29 is 0 Å². The lowest BCUT2D eigenvalue weighted by molar-refractivity contribution is 0.501. The molecule has 1 atom stereocenters. The van der Waals surface area contributed by atoms with Gasteiger partial charge < -0.3 is 5.73 Å². The molecule has 1 aromatic carbocycles. The zero-order chi connectivity index (χ0) is 13.8. The Kier molecular flexibility index (Phi) is 6.03. The molecule has 0 saturated heterocycles. The molecule has 0 aliphatic carbocycles. The lowest BCUT2D eigenvalue weighted by atomic mass is 10.1. The molecule has 6 heteroatoms. The number of nitrogens with two attached hydrogens (primary N) is 1. The van der Waals surface area contributed by atoms with Crippen LogP contribution in [0.25, 0.3) is 11.3 Å². The summed E-state index contributed by atoms with van der Waals surface area (Å²) in [6, 6.07) is 9.37. The minimum absolute atomic E-state index is 0. The molecule has 106 valence electrons. The van der Waals surface area contributed by atoms with Gasteiger partial charge >= 0.3 is 0 Å². The topological polar surface area (TPSA) is 67.6 Å². The first-order chi connectivity index (χ1) is 9.13. The number of halogens is 2. The monoisotopic (exact) mass is 310 g/mol. The summed E-state index contributed by atoms with van der Waals surface area (Å²) < 4.78 is 1.83. The molecule has 0 fully saturated rings. The number of nitrogens with zero attached hydrogens (tertiary/aromatic N) is 3. The molecule has 2 rings (SSSR count). The zero-order valence-electron chi connectivity index (χ0n) is 11.1. The summed E-state index contributed by atoms with van der Waals surface area (Å²) in [4.78, 5) is 0. The second-order valence-corrected chi connectivity index (χ2v) is 4.80. The minimum Gasteiger partial charge on any atom is -0.326 e. The third kappa shape index (κ3) is 3.73. The van der Waals surface area contributed by atoms with E-state index in [-0.39, 0.29) is 18.4 Å². The Morgan fingerprint density at radius 1 is 1.45 bits per heavy atom. The van der Waals surface area contributed by atoms with Gasteiger partial charge in [-0.25, -0.2) is 0 Å². The quantitative estimate of drug-likeness (QED) is 0.942. The molecule has 0 radical (unpaired) electrons. The predicted octanol–water partition coefficient (Wildman–Crippen LogP) is 3.23. The van der Waals surface area contributed by atoms with E-state index in [2.05, 4.69) is 12.0 Å². The highest BCUT2D eigenvalue weighted by molar-refractivity contribution is 6.32. The van der Waals surface area contributed by atoms with Crippen LogP contribution in [-0.4, -0.2) is 15.8 Å². The van der Waals surface area contributed by atoms with Crippen LogP contribution < -0.4 is 5.73 Å². The first kappa shape index (κ1) is 16.5. The van der Waals surface area contributed by atoms with Crippen molar-refractivity contribution in [3.63, 3.8) is 0 Å². The highest BCUT2D eigenvalue weighted by Crippen LogP contribution is 2.24. The van der Waals surface area contributed by atoms with E-state index in [4.69, 9.17) is 22.6 Å². The molecule has 20 heavy (non-hydrogen) atoms. The van der Waals surface area contributed by atoms with E-state index >= 15 is 0 Å². The molecule has 0 amide bonds. The third-order valence-corrected chi connectivity index (χ3v) is 3.28. The van der Waals surface area contributed by atoms with E-state index in [1.165, 1.54) is 0 Å². The Hall–Kier alpha value is -1.54. The first-order valence-corrected chi connectivity index (χ1v) is 6.51. The SMILES string of the molecule is CCC(N)Cn1ccc(-c2ccc(C#N)c(Cl)c2)n1.Cl. The molecule has 1 heterocycles. The largest absolute Gasteiger partial charge is 0.326 e. The van der Waals surface area contributed by atoms with Crippen LogP contribution in [0.15, 0.2) is 30.5 Å². The normalized spacial score (nSPS) is 11.5. The minimum atomic E-state index is 0. The van der Waals surface area contributed by atoms with E-state index in [1.54, 1.807) is 12.1 Å². The molecular weight excluding hydrogens is 295 g/mol. The van der Waals surface area contributed by atoms with Crippen LogP contribution in [0.3, 0.4) is 0 Å². The van der Waals surface area contributed by atoms with Gasteiger partial charge in [0, 0.05) is 17.8 Å². The molecule has 0 spiro atoms. The van der Waals surface area contributed by atoms with Crippen LogP contribution in [0.1, 0.15) is 18.9 Å². The molecule has 0 aliphatic heterocycles.